The summed E-state index contributed by atoms with van der Waals surface area (Å²) >= 11 is 0. The van der Waals surface area contributed by atoms with Crippen molar-refractivity contribution in [2.24, 2.45) is 0 Å². The minimum Gasteiger partial charge on any atom is -0.458 e. The number of carbonyl (C=O) groups is 1. The van der Waals surface area contributed by atoms with E-state index in [1.54, 1.807) is 0 Å². The van der Waals surface area contributed by atoms with Gasteiger partial charge in [0.05, 0.1) is 5.56 Å². The standard InChI is InChI=1S/C21H20FNO3/c22-18-13-21-20(25-10-11-26-21)12-17(18)19(24)7-9-23-8-6-16(14-23)15-4-2-1-3-5-15/h1-5,10-13,16H,6-9,14H2. The van der Waals surface area contributed by atoms with Crippen LogP contribution in [-0.4, -0.2) is 30.3 Å². The summed E-state index contributed by atoms with van der Waals surface area (Å²) in [5.74, 6) is 0.362. The van der Waals surface area contributed by atoms with Gasteiger partial charge in [-0.3, -0.25) is 4.79 Å². The quantitative estimate of drug-likeness (QED) is 0.758. The summed E-state index contributed by atoms with van der Waals surface area (Å²) < 4.78 is 24.7. The fourth-order valence-corrected chi connectivity index (χ4v) is 3.56. The van der Waals surface area contributed by atoms with Crippen molar-refractivity contribution < 1.29 is 18.7 Å². The van der Waals surface area contributed by atoms with E-state index in [2.05, 4.69) is 29.2 Å². The molecule has 26 heavy (non-hydrogen) atoms. The highest BCUT2D eigenvalue weighted by atomic mass is 19.1. The van der Waals surface area contributed by atoms with Crippen LogP contribution in [0.3, 0.4) is 0 Å². The van der Waals surface area contributed by atoms with E-state index in [0.29, 0.717) is 18.2 Å². The molecule has 2 aliphatic rings. The number of likely N-dealkylation sites (tertiary alicyclic amines) is 1. The molecule has 4 nitrogen and oxygen atoms in total. The van der Waals surface area contributed by atoms with Crippen LogP contribution in [0.4, 0.5) is 4.39 Å². The van der Waals surface area contributed by atoms with Crippen molar-refractivity contribution in [3.8, 4) is 11.5 Å². The van der Waals surface area contributed by atoms with Gasteiger partial charge in [0.25, 0.3) is 0 Å². The fourth-order valence-electron chi connectivity index (χ4n) is 3.56. The number of rotatable bonds is 5. The normalized spacial score (nSPS) is 18.9. The first kappa shape index (κ1) is 16.8. The van der Waals surface area contributed by atoms with Gasteiger partial charge < -0.3 is 14.4 Å². The highest BCUT2D eigenvalue weighted by molar-refractivity contribution is 5.97. The van der Waals surface area contributed by atoms with Crippen molar-refractivity contribution in [1.82, 2.24) is 4.90 Å². The third-order valence-corrected chi connectivity index (χ3v) is 4.98. The Bertz CT molecular complexity index is 835. The Morgan fingerprint density at radius 1 is 1.12 bits per heavy atom. The summed E-state index contributed by atoms with van der Waals surface area (Å²) in [7, 11) is 0. The Hall–Kier alpha value is -2.66. The summed E-state index contributed by atoms with van der Waals surface area (Å²) in [6.45, 7) is 2.53. The van der Waals surface area contributed by atoms with E-state index in [-0.39, 0.29) is 23.5 Å². The maximum atomic E-state index is 14.2. The molecule has 0 aliphatic carbocycles. The number of halogens is 1. The molecule has 0 radical (unpaired) electrons. The molecule has 0 spiro atoms. The van der Waals surface area contributed by atoms with E-state index in [1.807, 2.05) is 6.07 Å². The molecule has 1 unspecified atom stereocenters. The first-order chi connectivity index (χ1) is 12.7. The van der Waals surface area contributed by atoms with Crippen molar-refractivity contribution in [2.75, 3.05) is 19.6 Å². The van der Waals surface area contributed by atoms with Gasteiger partial charge in [-0.25, -0.2) is 4.39 Å². The second kappa shape index (κ2) is 7.30. The Morgan fingerprint density at radius 2 is 1.85 bits per heavy atom. The van der Waals surface area contributed by atoms with Gasteiger partial charge in [-0.2, -0.15) is 0 Å². The Balaban J connectivity index is 1.36. The van der Waals surface area contributed by atoms with Crippen LogP contribution in [-0.2, 0) is 0 Å². The zero-order valence-electron chi connectivity index (χ0n) is 14.4. The minimum atomic E-state index is -0.573. The lowest BCUT2D eigenvalue weighted by molar-refractivity contribution is 0.0964. The first-order valence-corrected chi connectivity index (χ1v) is 8.83. The molecule has 134 valence electrons. The van der Waals surface area contributed by atoms with Crippen LogP contribution in [0.2, 0.25) is 0 Å². The molecule has 1 atom stereocenters. The maximum absolute atomic E-state index is 14.2. The number of carbonyl (C=O) groups excluding carboxylic acids is 1. The van der Waals surface area contributed by atoms with Crippen LogP contribution in [0.5, 0.6) is 11.5 Å². The highest BCUT2D eigenvalue weighted by Gasteiger charge is 2.25. The summed E-state index contributed by atoms with van der Waals surface area (Å²) in [5, 5.41) is 0. The van der Waals surface area contributed by atoms with Crippen LogP contribution in [0.1, 0.15) is 34.7 Å². The lowest BCUT2D eigenvalue weighted by Crippen LogP contribution is -2.24. The summed E-state index contributed by atoms with van der Waals surface area (Å²) in [6.07, 6.45) is 4.07. The number of ether oxygens (including phenoxy) is 2. The molecule has 5 heteroatoms. The van der Waals surface area contributed by atoms with Crippen LogP contribution in [0.25, 0.3) is 0 Å². The molecule has 4 rings (SSSR count). The predicted octanol–water partition coefficient (Wildman–Crippen LogP) is 4.13. The number of benzene rings is 2. The number of Topliss-reactive ketones (excluding diaryl/α,β-unsaturated/α-hetero) is 1. The van der Waals surface area contributed by atoms with Gasteiger partial charge >= 0.3 is 0 Å². The van der Waals surface area contributed by atoms with E-state index in [1.165, 1.54) is 30.2 Å². The van der Waals surface area contributed by atoms with Crippen molar-refractivity contribution in [1.29, 1.82) is 0 Å². The summed E-state index contributed by atoms with van der Waals surface area (Å²) in [5.41, 5.74) is 1.40. The topological polar surface area (TPSA) is 38.8 Å². The maximum Gasteiger partial charge on any atom is 0.172 e. The van der Waals surface area contributed by atoms with E-state index in [4.69, 9.17) is 9.47 Å². The summed E-state index contributed by atoms with van der Waals surface area (Å²) in [4.78, 5) is 14.8. The number of hydrogen-bond donors (Lipinski definition) is 0. The lowest BCUT2D eigenvalue weighted by atomic mass is 9.99. The second-order valence-electron chi connectivity index (χ2n) is 6.66. The Labute approximate surface area is 151 Å². The molecule has 0 amide bonds. The molecule has 2 aromatic carbocycles. The third kappa shape index (κ3) is 3.48. The average Bonchev–Trinajstić information content (AvgIpc) is 3.15. The van der Waals surface area contributed by atoms with Crippen LogP contribution in [0, 0.1) is 5.82 Å². The molecule has 2 heterocycles. The third-order valence-electron chi connectivity index (χ3n) is 4.98. The summed E-state index contributed by atoms with van der Waals surface area (Å²) in [6, 6.07) is 13.1. The van der Waals surface area contributed by atoms with Gasteiger partial charge in [0.15, 0.2) is 17.3 Å². The van der Waals surface area contributed by atoms with Crippen molar-refractivity contribution in [3.63, 3.8) is 0 Å². The largest absolute Gasteiger partial charge is 0.458 e. The van der Waals surface area contributed by atoms with Crippen LogP contribution < -0.4 is 9.47 Å². The van der Waals surface area contributed by atoms with E-state index < -0.39 is 5.82 Å². The lowest BCUT2D eigenvalue weighted by Gasteiger charge is -2.17. The van der Waals surface area contributed by atoms with Gasteiger partial charge in [-0.15, -0.1) is 0 Å². The second-order valence-corrected chi connectivity index (χ2v) is 6.66. The molecular weight excluding hydrogens is 333 g/mol. The molecular formula is C21H20FNO3. The smallest absolute Gasteiger partial charge is 0.172 e. The molecule has 1 saturated heterocycles. The molecule has 2 aromatic rings. The molecule has 1 fully saturated rings. The zero-order valence-corrected chi connectivity index (χ0v) is 14.4. The zero-order chi connectivity index (χ0) is 17.9. The van der Waals surface area contributed by atoms with Gasteiger partial charge in [0.2, 0.25) is 0 Å². The molecule has 0 saturated carbocycles. The van der Waals surface area contributed by atoms with E-state index in [9.17, 15) is 9.18 Å². The van der Waals surface area contributed by atoms with Crippen LogP contribution in [0.15, 0.2) is 55.0 Å². The van der Waals surface area contributed by atoms with E-state index >= 15 is 0 Å². The van der Waals surface area contributed by atoms with Crippen molar-refractivity contribution in [2.45, 2.75) is 18.8 Å². The first-order valence-electron chi connectivity index (χ1n) is 8.83. The molecule has 2 aliphatic heterocycles. The van der Waals surface area contributed by atoms with Crippen molar-refractivity contribution >= 4 is 5.78 Å². The van der Waals surface area contributed by atoms with Gasteiger partial charge in [0, 0.05) is 25.6 Å². The molecule has 0 bridgehead atoms. The van der Waals surface area contributed by atoms with Crippen molar-refractivity contribution in [3.05, 3.63) is 71.9 Å². The average molecular weight is 353 g/mol. The van der Waals surface area contributed by atoms with Gasteiger partial charge in [-0.1, -0.05) is 30.3 Å². The molecule has 0 N–H and O–H groups in total. The van der Waals surface area contributed by atoms with E-state index in [0.717, 1.165) is 19.5 Å². The highest BCUT2D eigenvalue weighted by Crippen LogP contribution is 2.33. The number of hydrogen-bond acceptors (Lipinski definition) is 4. The van der Waals surface area contributed by atoms with Crippen LogP contribution >= 0.6 is 0 Å². The van der Waals surface area contributed by atoms with Gasteiger partial charge in [0.1, 0.15) is 18.3 Å². The Morgan fingerprint density at radius 3 is 2.62 bits per heavy atom. The van der Waals surface area contributed by atoms with Gasteiger partial charge in [-0.05, 0) is 30.5 Å². The number of nitrogens with zero attached hydrogens (tertiary/aromatic N) is 1. The Kier molecular flexibility index (Phi) is 4.71. The minimum absolute atomic E-state index is 0.0569. The number of ketones is 1. The number of fused-ring (bicyclic) bond motifs is 1. The molecule has 0 aromatic heterocycles. The fraction of sp³-hybridized carbons (Fsp3) is 0.286. The monoisotopic (exact) mass is 353 g/mol. The SMILES string of the molecule is O=C(CCN1CCC(c2ccccc2)C1)c1cc2c(cc1F)OC=CO2. The predicted molar refractivity (Wildman–Crippen MR) is 96.0 cm³/mol.